The quantitative estimate of drug-likeness (QED) is 0.183. The van der Waals surface area contributed by atoms with Gasteiger partial charge < -0.3 is 20.4 Å². The van der Waals surface area contributed by atoms with Crippen molar-refractivity contribution in [2.45, 2.75) is 141 Å². The molecule has 0 aliphatic heterocycles. The lowest BCUT2D eigenvalue weighted by Gasteiger charge is -2.39. The summed E-state index contributed by atoms with van der Waals surface area (Å²) in [5.41, 5.74) is -4.26. The van der Waals surface area contributed by atoms with Gasteiger partial charge in [0.2, 0.25) is 5.60 Å². The molecule has 0 bridgehead atoms. The molecule has 0 aliphatic carbocycles. The smallest absolute Gasteiger partial charge is 0.341 e. The second-order valence-electron chi connectivity index (χ2n) is 8.80. The molecule has 0 aliphatic rings. The first-order valence-corrected chi connectivity index (χ1v) is 12.2. The molecule has 0 heterocycles. The van der Waals surface area contributed by atoms with Gasteiger partial charge in [0.25, 0.3) is 0 Å². The van der Waals surface area contributed by atoms with Crippen LogP contribution in [0.4, 0.5) is 0 Å². The van der Waals surface area contributed by atoms with Crippen molar-refractivity contribution in [3.63, 3.8) is 0 Å². The Bertz CT molecular complexity index is 401. The minimum absolute atomic E-state index is 0.186. The lowest BCUT2D eigenvalue weighted by molar-refractivity contribution is -0.206. The maximum absolute atomic E-state index is 11.4. The van der Waals surface area contributed by atoms with E-state index in [4.69, 9.17) is 0 Å². The van der Waals surface area contributed by atoms with Crippen LogP contribution in [0.2, 0.25) is 0 Å². The number of aliphatic carboxylic acids is 1. The highest BCUT2D eigenvalue weighted by Crippen LogP contribution is 2.33. The summed E-state index contributed by atoms with van der Waals surface area (Å²) in [5, 5.41) is 39.9. The van der Waals surface area contributed by atoms with E-state index < -0.39 is 23.8 Å². The highest BCUT2D eigenvalue weighted by atomic mass is 16.4. The monoisotopic (exact) mass is 416 g/mol. The van der Waals surface area contributed by atoms with Gasteiger partial charge in [0, 0.05) is 0 Å². The fraction of sp³-hybridized carbons (Fsp3) is 0.958. The molecule has 0 saturated heterocycles. The van der Waals surface area contributed by atoms with Crippen LogP contribution in [-0.2, 0) is 4.79 Å². The van der Waals surface area contributed by atoms with E-state index >= 15 is 0 Å². The summed E-state index contributed by atoms with van der Waals surface area (Å²) in [5.74, 6) is -1.55. The van der Waals surface area contributed by atoms with Crippen molar-refractivity contribution >= 4 is 5.97 Å². The number of hydrogen-bond acceptors (Lipinski definition) is 4. The Labute approximate surface area is 178 Å². The van der Waals surface area contributed by atoms with E-state index in [9.17, 15) is 25.2 Å². The largest absolute Gasteiger partial charge is 0.479 e. The molecular weight excluding hydrogens is 368 g/mol. The first-order chi connectivity index (χ1) is 13.9. The van der Waals surface area contributed by atoms with E-state index in [1.807, 2.05) is 6.92 Å². The molecule has 0 radical (unpaired) electrons. The number of carboxylic acids is 1. The first kappa shape index (κ1) is 28.4. The number of rotatable bonds is 21. The van der Waals surface area contributed by atoms with Crippen LogP contribution in [0.3, 0.4) is 0 Å². The minimum Gasteiger partial charge on any atom is -0.479 e. The van der Waals surface area contributed by atoms with Crippen molar-refractivity contribution in [1.29, 1.82) is 0 Å². The number of unbranched alkanes of at least 4 members (excludes halogenated alkanes) is 14. The molecule has 0 fully saturated rings. The molecule has 0 saturated carbocycles. The zero-order chi connectivity index (χ0) is 22.0. The molecular formula is C24H48O5. The highest BCUT2D eigenvalue weighted by molar-refractivity contribution is 5.79. The van der Waals surface area contributed by atoms with Crippen molar-refractivity contribution < 1.29 is 25.2 Å². The summed E-state index contributed by atoms with van der Waals surface area (Å²) in [6, 6.07) is 0. The number of carbonyl (C=O) groups is 1. The summed E-state index contributed by atoms with van der Waals surface area (Å²) >= 11 is 0. The van der Waals surface area contributed by atoms with Crippen molar-refractivity contribution in [2.24, 2.45) is 0 Å². The van der Waals surface area contributed by atoms with Gasteiger partial charge in [-0.15, -0.1) is 0 Å². The van der Waals surface area contributed by atoms with Crippen LogP contribution in [0, 0.1) is 0 Å². The van der Waals surface area contributed by atoms with Crippen LogP contribution in [0.5, 0.6) is 0 Å². The standard InChI is InChI=1S/C24H48O5/c1-3-5-7-8-9-10-11-12-13-14-15-16-17-18-20-23(28,19-6-4-2)24(29,21-25)22(26)27/h25,28-29H,3-21H2,1-2H3,(H,26,27). The topological polar surface area (TPSA) is 98.0 Å². The summed E-state index contributed by atoms with van der Waals surface area (Å²) < 4.78 is 0. The molecule has 2 unspecified atom stereocenters. The number of carboxylic acid groups (broad SMARTS) is 1. The average Bonchev–Trinajstić information content (AvgIpc) is 2.71. The molecule has 0 amide bonds. The molecule has 2 atom stereocenters. The van der Waals surface area contributed by atoms with Crippen LogP contribution in [0.1, 0.15) is 129 Å². The van der Waals surface area contributed by atoms with Crippen molar-refractivity contribution in [3.05, 3.63) is 0 Å². The molecule has 0 aromatic carbocycles. The van der Waals surface area contributed by atoms with Crippen molar-refractivity contribution in [3.8, 4) is 0 Å². The molecule has 0 rings (SSSR count). The van der Waals surface area contributed by atoms with E-state index in [2.05, 4.69) is 6.92 Å². The predicted molar refractivity (Wildman–Crippen MR) is 119 cm³/mol. The van der Waals surface area contributed by atoms with Gasteiger partial charge in [-0.05, 0) is 12.8 Å². The third-order valence-electron chi connectivity index (χ3n) is 6.24. The zero-order valence-corrected chi connectivity index (χ0v) is 19.1. The Morgan fingerprint density at radius 1 is 0.621 bits per heavy atom. The summed E-state index contributed by atoms with van der Waals surface area (Å²) in [6.07, 6.45) is 18.9. The Morgan fingerprint density at radius 3 is 1.31 bits per heavy atom. The van der Waals surface area contributed by atoms with Gasteiger partial charge in [-0.25, -0.2) is 4.79 Å². The van der Waals surface area contributed by atoms with Crippen LogP contribution in [-0.4, -0.2) is 44.2 Å². The maximum Gasteiger partial charge on any atom is 0.341 e. The summed E-state index contributed by atoms with van der Waals surface area (Å²) in [6.45, 7) is 3.23. The third kappa shape index (κ3) is 11.4. The molecule has 0 aromatic rings. The molecule has 174 valence electrons. The van der Waals surface area contributed by atoms with Crippen LogP contribution < -0.4 is 0 Å². The fourth-order valence-electron chi connectivity index (χ4n) is 4.03. The molecule has 0 aromatic heterocycles. The van der Waals surface area contributed by atoms with E-state index in [0.29, 0.717) is 12.8 Å². The summed E-state index contributed by atoms with van der Waals surface area (Å²) in [7, 11) is 0. The van der Waals surface area contributed by atoms with E-state index in [1.54, 1.807) is 0 Å². The first-order valence-electron chi connectivity index (χ1n) is 12.2. The average molecular weight is 417 g/mol. The Morgan fingerprint density at radius 2 is 0.966 bits per heavy atom. The number of hydrogen-bond donors (Lipinski definition) is 4. The highest BCUT2D eigenvalue weighted by Gasteiger charge is 2.54. The summed E-state index contributed by atoms with van der Waals surface area (Å²) in [4.78, 5) is 11.4. The van der Waals surface area contributed by atoms with Gasteiger partial charge in [-0.3, -0.25) is 0 Å². The van der Waals surface area contributed by atoms with Gasteiger partial charge in [-0.1, -0.05) is 117 Å². The van der Waals surface area contributed by atoms with Crippen LogP contribution >= 0.6 is 0 Å². The third-order valence-corrected chi connectivity index (χ3v) is 6.24. The van der Waals surface area contributed by atoms with E-state index in [1.165, 1.54) is 64.2 Å². The maximum atomic E-state index is 11.4. The Balaban J connectivity index is 3.93. The zero-order valence-electron chi connectivity index (χ0n) is 19.1. The van der Waals surface area contributed by atoms with Crippen molar-refractivity contribution in [2.75, 3.05) is 6.61 Å². The molecule has 29 heavy (non-hydrogen) atoms. The normalized spacial score (nSPS) is 15.8. The van der Waals surface area contributed by atoms with Gasteiger partial charge in [-0.2, -0.15) is 0 Å². The fourth-order valence-corrected chi connectivity index (χ4v) is 4.03. The molecule has 0 spiro atoms. The lowest BCUT2D eigenvalue weighted by Crippen LogP contribution is -2.61. The van der Waals surface area contributed by atoms with Crippen LogP contribution in [0.25, 0.3) is 0 Å². The van der Waals surface area contributed by atoms with Gasteiger partial charge >= 0.3 is 5.97 Å². The number of aliphatic hydroxyl groups excluding tert-OH is 1. The molecule has 5 heteroatoms. The Hall–Kier alpha value is -0.650. The second kappa shape index (κ2) is 17.1. The van der Waals surface area contributed by atoms with E-state index in [-0.39, 0.29) is 12.8 Å². The predicted octanol–water partition coefficient (Wildman–Crippen LogP) is 5.59. The number of aliphatic hydroxyl groups is 3. The minimum atomic E-state index is -2.49. The second-order valence-corrected chi connectivity index (χ2v) is 8.80. The van der Waals surface area contributed by atoms with Crippen molar-refractivity contribution in [1.82, 2.24) is 0 Å². The Kier molecular flexibility index (Phi) is 16.7. The lowest BCUT2D eigenvalue weighted by atomic mass is 9.76. The van der Waals surface area contributed by atoms with Crippen LogP contribution in [0.15, 0.2) is 0 Å². The van der Waals surface area contributed by atoms with E-state index in [0.717, 1.165) is 25.7 Å². The molecule has 5 nitrogen and oxygen atoms in total. The SMILES string of the molecule is CCCCCCCCCCCCCCCCC(O)(CCCC)C(O)(CO)C(=O)O. The van der Waals surface area contributed by atoms with Gasteiger partial charge in [0.05, 0.1) is 6.61 Å². The molecule has 4 N–H and O–H groups in total. The van der Waals surface area contributed by atoms with Gasteiger partial charge in [0.15, 0.2) is 0 Å². The van der Waals surface area contributed by atoms with Gasteiger partial charge in [0.1, 0.15) is 5.60 Å².